The summed E-state index contributed by atoms with van der Waals surface area (Å²) in [5.74, 6) is -0.906. The molecule has 0 amide bonds. The maximum atomic E-state index is 11.3. The zero-order valence-corrected chi connectivity index (χ0v) is 11.9. The monoisotopic (exact) mass is 285 g/mol. The highest BCUT2D eigenvalue weighted by molar-refractivity contribution is 6.00. The molecule has 21 heavy (non-hydrogen) atoms. The Morgan fingerprint density at radius 2 is 2.14 bits per heavy atom. The molecule has 2 aromatic rings. The minimum absolute atomic E-state index is 0.296. The van der Waals surface area contributed by atoms with Crippen molar-refractivity contribution in [2.45, 2.75) is 37.8 Å². The van der Waals surface area contributed by atoms with Gasteiger partial charge >= 0.3 is 5.97 Å². The van der Waals surface area contributed by atoms with Gasteiger partial charge in [-0.25, -0.2) is 9.78 Å². The van der Waals surface area contributed by atoms with Crippen LogP contribution in [-0.4, -0.2) is 44.7 Å². The quantitative estimate of drug-likeness (QED) is 0.921. The summed E-state index contributed by atoms with van der Waals surface area (Å²) < 4.78 is 2.19. The van der Waals surface area contributed by atoms with Crippen molar-refractivity contribution < 1.29 is 9.90 Å². The second-order valence-electron chi connectivity index (χ2n) is 6.14. The van der Waals surface area contributed by atoms with Crippen LogP contribution in [0.1, 0.15) is 42.1 Å². The Balaban J connectivity index is 1.71. The van der Waals surface area contributed by atoms with Gasteiger partial charge in [0.25, 0.3) is 0 Å². The van der Waals surface area contributed by atoms with Crippen molar-refractivity contribution >= 4 is 17.0 Å². The van der Waals surface area contributed by atoms with Gasteiger partial charge in [-0.2, -0.15) is 0 Å². The number of fused-ring (bicyclic) bond motifs is 2. The lowest BCUT2D eigenvalue weighted by Gasteiger charge is -2.35. The smallest absolute Gasteiger partial charge is 0.337 e. The molecule has 2 aliphatic rings. The van der Waals surface area contributed by atoms with Crippen LogP contribution in [0.4, 0.5) is 0 Å². The van der Waals surface area contributed by atoms with Crippen LogP contribution >= 0.6 is 0 Å². The number of imidazole rings is 1. The number of piperidine rings is 1. The van der Waals surface area contributed by atoms with E-state index in [0.29, 0.717) is 23.2 Å². The zero-order chi connectivity index (χ0) is 14.4. The van der Waals surface area contributed by atoms with E-state index in [2.05, 4.69) is 14.5 Å². The Kier molecular flexibility index (Phi) is 2.96. The summed E-state index contributed by atoms with van der Waals surface area (Å²) >= 11 is 0. The van der Waals surface area contributed by atoms with Crippen molar-refractivity contribution in [2.75, 3.05) is 13.1 Å². The summed E-state index contributed by atoms with van der Waals surface area (Å²) in [5, 5.41) is 9.27. The average molecular weight is 285 g/mol. The van der Waals surface area contributed by atoms with Crippen molar-refractivity contribution in [3.63, 3.8) is 0 Å². The number of benzene rings is 1. The van der Waals surface area contributed by atoms with Crippen molar-refractivity contribution in [3.05, 3.63) is 30.1 Å². The Labute approximate surface area is 123 Å². The first-order valence-corrected chi connectivity index (χ1v) is 7.67. The van der Waals surface area contributed by atoms with Crippen LogP contribution in [0.2, 0.25) is 0 Å². The molecule has 3 heterocycles. The molecule has 0 aliphatic carbocycles. The molecular formula is C16H19N3O2. The standard InChI is InChI=1S/C16H19N3O2/c20-16(21)13-4-1-5-14-15(13)17-10-19(14)12-6-8-18-7-2-3-11(18)9-12/h1,4-5,10-12H,2-3,6-9H2,(H,20,21). The summed E-state index contributed by atoms with van der Waals surface area (Å²) in [6, 6.07) is 6.56. The van der Waals surface area contributed by atoms with Crippen LogP contribution < -0.4 is 0 Å². The number of aromatic carboxylic acids is 1. The first-order valence-electron chi connectivity index (χ1n) is 7.67. The number of rotatable bonds is 2. The van der Waals surface area contributed by atoms with Gasteiger partial charge in [-0.1, -0.05) is 6.07 Å². The second-order valence-corrected chi connectivity index (χ2v) is 6.14. The molecule has 0 radical (unpaired) electrons. The highest BCUT2D eigenvalue weighted by Gasteiger charge is 2.32. The number of hydrogen-bond donors (Lipinski definition) is 1. The summed E-state index contributed by atoms with van der Waals surface area (Å²) in [6.07, 6.45) is 6.71. The van der Waals surface area contributed by atoms with Crippen LogP contribution in [0, 0.1) is 0 Å². The number of carboxylic acids is 1. The molecule has 5 heteroatoms. The molecule has 1 N–H and O–H groups in total. The maximum absolute atomic E-state index is 11.3. The van der Waals surface area contributed by atoms with E-state index in [-0.39, 0.29) is 0 Å². The fourth-order valence-corrected chi connectivity index (χ4v) is 3.98. The molecule has 1 aromatic heterocycles. The van der Waals surface area contributed by atoms with Crippen molar-refractivity contribution in [1.82, 2.24) is 14.5 Å². The van der Waals surface area contributed by atoms with Crippen LogP contribution in [0.5, 0.6) is 0 Å². The van der Waals surface area contributed by atoms with Gasteiger partial charge in [0.2, 0.25) is 0 Å². The predicted molar refractivity (Wildman–Crippen MR) is 79.6 cm³/mol. The molecule has 2 fully saturated rings. The Morgan fingerprint density at radius 3 is 3.00 bits per heavy atom. The first-order chi connectivity index (χ1) is 10.2. The number of nitrogens with zero attached hydrogens (tertiary/aromatic N) is 3. The van der Waals surface area contributed by atoms with Gasteiger partial charge in [0.1, 0.15) is 5.52 Å². The van der Waals surface area contributed by atoms with E-state index in [1.807, 2.05) is 18.5 Å². The molecule has 2 atom stereocenters. The van der Waals surface area contributed by atoms with E-state index in [1.165, 1.54) is 19.4 Å². The average Bonchev–Trinajstić information content (AvgIpc) is 3.12. The minimum Gasteiger partial charge on any atom is -0.478 e. The van der Waals surface area contributed by atoms with E-state index < -0.39 is 5.97 Å². The van der Waals surface area contributed by atoms with Crippen molar-refractivity contribution in [2.24, 2.45) is 0 Å². The summed E-state index contributed by atoms with van der Waals surface area (Å²) in [6.45, 7) is 2.39. The highest BCUT2D eigenvalue weighted by atomic mass is 16.4. The van der Waals surface area contributed by atoms with Crippen LogP contribution in [0.25, 0.3) is 11.0 Å². The van der Waals surface area contributed by atoms with E-state index in [1.54, 1.807) is 6.07 Å². The number of carbonyl (C=O) groups is 1. The zero-order valence-electron chi connectivity index (χ0n) is 11.9. The lowest BCUT2D eigenvalue weighted by molar-refractivity contribution is 0.0699. The van der Waals surface area contributed by atoms with Crippen molar-refractivity contribution in [3.8, 4) is 0 Å². The van der Waals surface area contributed by atoms with Crippen LogP contribution in [-0.2, 0) is 0 Å². The molecule has 2 aliphatic heterocycles. The lowest BCUT2D eigenvalue weighted by atomic mass is 9.97. The Hall–Kier alpha value is -1.88. The topological polar surface area (TPSA) is 58.4 Å². The molecule has 2 unspecified atom stereocenters. The van der Waals surface area contributed by atoms with E-state index >= 15 is 0 Å². The molecule has 0 spiro atoms. The number of para-hydroxylation sites is 1. The number of aromatic nitrogens is 2. The third kappa shape index (κ3) is 2.03. The molecule has 0 bridgehead atoms. The second kappa shape index (κ2) is 4.84. The fourth-order valence-electron chi connectivity index (χ4n) is 3.98. The molecule has 0 saturated carbocycles. The summed E-state index contributed by atoms with van der Waals surface area (Å²) in [7, 11) is 0. The molecular weight excluding hydrogens is 266 g/mol. The lowest BCUT2D eigenvalue weighted by Crippen LogP contribution is -2.38. The summed E-state index contributed by atoms with van der Waals surface area (Å²) in [4.78, 5) is 18.3. The molecule has 110 valence electrons. The van der Waals surface area contributed by atoms with E-state index in [0.717, 1.165) is 24.9 Å². The van der Waals surface area contributed by atoms with Gasteiger partial charge in [-0.15, -0.1) is 0 Å². The molecule has 4 rings (SSSR count). The SMILES string of the molecule is O=C(O)c1cccc2c1ncn2C1CCN2CCCC2C1. The predicted octanol–water partition coefficient (Wildman–Crippen LogP) is 2.53. The van der Waals surface area contributed by atoms with Gasteiger partial charge in [-0.3, -0.25) is 0 Å². The van der Waals surface area contributed by atoms with Gasteiger partial charge in [0.15, 0.2) is 0 Å². The maximum Gasteiger partial charge on any atom is 0.337 e. The normalized spacial score (nSPS) is 26.1. The highest BCUT2D eigenvalue weighted by Crippen LogP contribution is 2.34. The molecule has 1 aromatic carbocycles. The van der Waals surface area contributed by atoms with Gasteiger partial charge in [0, 0.05) is 18.6 Å². The van der Waals surface area contributed by atoms with Gasteiger partial charge in [0.05, 0.1) is 17.4 Å². The van der Waals surface area contributed by atoms with Crippen molar-refractivity contribution in [1.29, 1.82) is 0 Å². The van der Waals surface area contributed by atoms with E-state index in [9.17, 15) is 9.90 Å². The Morgan fingerprint density at radius 1 is 1.24 bits per heavy atom. The minimum atomic E-state index is -0.906. The van der Waals surface area contributed by atoms with Crippen LogP contribution in [0.3, 0.4) is 0 Å². The van der Waals surface area contributed by atoms with E-state index in [4.69, 9.17) is 0 Å². The molecule has 5 nitrogen and oxygen atoms in total. The molecule has 2 saturated heterocycles. The number of carboxylic acid groups (broad SMARTS) is 1. The third-order valence-electron chi connectivity index (χ3n) is 5.02. The first kappa shape index (κ1) is 12.8. The fraction of sp³-hybridized carbons (Fsp3) is 0.500. The largest absolute Gasteiger partial charge is 0.478 e. The van der Waals surface area contributed by atoms with Gasteiger partial charge < -0.3 is 14.6 Å². The van der Waals surface area contributed by atoms with Crippen LogP contribution in [0.15, 0.2) is 24.5 Å². The Bertz CT molecular complexity index is 694. The third-order valence-corrected chi connectivity index (χ3v) is 5.02. The number of hydrogen-bond acceptors (Lipinski definition) is 3. The summed E-state index contributed by atoms with van der Waals surface area (Å²) in [5.41, 5.74) is 1.86. The van der Waals surface area contributed by atoms with Gasteiger partial charge in [-0.05, 0) is 44.4 Å².